The van der Waals surface area contributed by atoms with E-state index in [9.17, 15) is 4.79 Å². The zero-order chi connectivity index (χ0) is 15.2. The number of nitrogens with one attached hydrogen (secondary N) is 1. The number of rotatable bonds is 5. The maximum atomic E-state index is 12.6. The number of piperidine rings is 2. The van der Waals surface area contributed by atoms with E-state index in [-0.39, 0.29) is 0 Å². The van der Waals surface area contributed by atoms with Crippen LogP contribution in [0.25, 0.3) is 0 Å². The van der Waals surface area contributed by atoms with E-state index in [2.05, 4.69) is 35.9 Å². The summed E-state index contributed by atoms with van der Waals surface area (Å²) in [5.74, 6) is 1.76. The second-order valence-corrected chi connectivity index (χ2v) is 7.30. The predicted octanol–water partition coefficient (Wildman–Crippen LogP) is 1.95. The summed E-state index contributed by atoms with van der Waals surface area (Å²) >= 11 is 0. The van der Waals surface area contributed by atoms with E-state index >= 15 is 0 Å². The quantitative estimate of drug-likeness (QED) is 0.842. The highest BCUT2D eigenvalue weighted by atomic mass is 16.2. The van der Waals surface area contributed by atoms with E-state index in [1.807, 2.05) is 0 Å². The number of hydrogen-bond acceptors (Lipinski definition) is 3. The Bertz CT molecular complexity index is 326. The van der Waals surface area contributed by atoms with Gasteiger partial charge in [0.2, 0.25) is 5.91 Å². The molecule has 0 spiro atoms. The van der Waals surface area contributed by atoms with Crippen molar-refractivity contribution in [3.63, 3.8) is 0 Å². The molecule has 0 aliphatic carbocycles. The number of hydrogen-bond donors (Lipinski definition) is 1. The van der Waals surface area contributed by atoms with Crippen LogP contribution in [0.3, 0.4) is 0 Å². The van der Waals surface area contributed by atoms with Crippen LogP contribution in [-0.4, -0.2) is 61.0 Å². The van der Waals surface area contributed by atoms with E-state index in [1.165, 1.54) is 25.7 Å². The Morgan fingerprint density at radius 3 is 2.62 bits per heavy atom. The molecule has 1 atom stereocenters. The lowest BCUT2D eigenvalue weighted by Crippen LogP contribution is -2.48. The van der Waals surface area contributed by atoms with Gasteiger partial charge in [-0.3, -0.25) is 9.69 Å². The monoisotopic (exact) mass is 295 g/mol. The zero-order valence-corrected chi connectivity index (χ0v) is 14.1. The van der Waals surface area contributed by atoms with Crippen molar-refractivity contribution in [2.75, 3.05) is 39.3 Å². The largest absolute Gasteiger partial charge is 0.341 e. The minimum Gasteiger partial charge on any atom is -0.341 e. The molecular formula is C17H33N3O. The molecule has 1 N–H and O–H groups in total. The van der Waals surface area contributed by atoms with Crippen molar-refractivity contribution in [2.45, 2.75) is 52.5 Å². The average molecular weight is 295 g/mol. The van der Waals surface area contributed by atoms with Gasteiger partial charge < -0.3 is 10.2 Å². The number of nitrogens with zero attached hydrogens (tertiary/aromatic N) is 2. The molecule has 0 aromatic rings. The Kier molecular flexibility index (Phi) is 6.49. The van der Waals surface area contributed by atoms with E-state index < -0.39 is 0 Å². The molecule has 4 heteroatoms. The molecule has 2 fully saturated rings. The summed E-state index contributed by atoms with van der Waals surface area (Å²) in [5, 5.41) is 3.42. The second-order valence-electron chi connectivity index (χ2n) is 7.30. The molecular weight excluding hydrogens is 262 g/mol. The average Bonchev–Trinajstić information content (AvgIpc) is 2.47. The van der Waals surface area contributed by atoms with Crippen molar-refractivity contribution in [1.29, 1.82) is 0 Å². The van der Waals surface area contributed by atoms with E-state index in [4.69, 9.17) is 0 Å². The van der Waals surface area contributed by atoms with Crippen LogP contribution in [0.4, 0.5) is 0 Å². The Hall–Kier alpha value is -0.610. The van der Waals surface area contributed by atoms with Crippen LogP contribution >= 0.6 is 0 Å². The Labute approximate surface area is 130 Å². The number of carbonyl (C=O) groups excluding carboxylic acids is 1. The molecule has 2 aliphatic heterocycles. The maximum absolute atomic E-state index is 12.6. The maximum Gasteiger partial charge on any atom is 0.236 e. The van der Waals surface area contributed by atoms with E-state index in [1.54, 1.807) is 0 Å². The van der Waals surface area contributed by atoms with Crippen LogP contribution in [0.1, 0.15) is 46.5 Å². The second kappa shape index (κ2) is 8.14. The fraction of sp³-hybridized carbons (Fsp3) is 0.941. The molecule has 4 nitrogen and oxygen atoms in total. The highest BCUT2D eigenvalue weighted by Crippen LogP contribution is 2.18. The van der Waals surface area contributed by atoms with Crippen molar-refractivity contribution in [1.82, 2.24) is 15.1 Å². The normalized spacial score (nSPS) is 24.8. The van der Waals surface area contributed by atoms with Gasteiger partial charge in [0, 0.05) is 25.7 Å². The van der Waals surface area contributed by atoms with Gasteiger partial charge in [0.05, 0.1) is 6.54 Å². The van der Waals surface area contributed by atoms with Gasteiger partial charge in [0.1, 0.15) is 0 Å². The van der Waals surface area contributed by atoms with Crippen LogP contribution in [0.15, 0.2) is 0 Å². The summed E-state index contributed by atoms with van der Waals surface area (Å²) in [5.41, 5.74) is 0. The van der Waals surface area contributed by atoms with Gasteiger partial charge in [-0.25, -0.2) is 0 Å². The van der Waals surface area contributed by atoms with Gasteiger partial charge in [-0.15, -0.1) is 0 Å². The molecule has 0 aromatic carbocycles. The van der Waals surface area contributed by atoms with Gasteiger partial charge in [-0.05, 0) is 64.5 Å². The van der Waals surface area contributed by atoms with Crippen LogP contribution in [0.2, 0.25) is 0 Å². The fourth-order valence-electron chi connectivity index (χ4n) is 3.54. The lowest BCUT2D eigenvalue weighted by molar-refractivity contribution is -0.134. The Balaban J connectivity index is 1.84. The predicted molar refractivity (Wildman–Crippen MR) is 87.3 cm³/mol. The number of carbonyl (C=O) groups is 1. The van der Waals surface area contributed by atoms with Crippen molar-refractivity contribution in [3.8, 4) is 0 Å². The lowest BCUT2D eigenvalue weighted by atomic mass is 9.97. The molecule has 0 radical (unpaired) electrons. The lowest BCUT2D eigenvalue weighted by Gasteiger charge is -2.36. The molecule has 122 valence electrons. The molecule has 21 heavy (non-hydrogen) atoms. The third kappa shape index (κ3) is 5.26. The molecule has 2 aliphatic rings. The fourth-order valence-corrected chi connectivity index (χ4v) is 3.54. The van der Waals surface area contributed by atoms with E-state index in [0.29, 0.717) is 24.4 Å². The van der Waals surface area contributed by atoms with Gasteiger partial charge in [0.25, 0.3) is 0 Å². The standard InChI is InChI=1S/C17H33N3O/c1-14(2)20(12-16-6-8-18-9-7-16)13-17(21)19-10-4-5-15(3)11-19/h14-16,18H,4-13H2,1-3H3. The zero-order valence-electron chi connectivity index (χ0n) is 14.1. The first-order valence-corrected chi connectivity index (χ1v) is 8.78. The molecule has 2 heterocycles. The first-order chi connectivity index (χ1) is 10.1. The van der Waals surface area contributed by atoms with Crippen molar-refractivity contribution in [2.24, 2.45) is 11.8 Å². The number of amides is 1. The summed E-state index contributed by atoms with van der Waals surface area (Å²) in [6.45, 7) is 12.6. The molecule has 0 bridgehead atoms. The number of likely N-dealkylation sites (tertiary alicyclic amines) is 1. The molecule has 2 rings (SSSR count). The van der Waals surface area contributed by atoms with Crippen LogP contribution < -0.4 is 5.32 Å². The highest BCUT2D eigenvalue weighted by molar-refractivity contribution is 5.78. The van der Waals surface area contributed by atoms with Gasteiger partial charge in [-0.2, -0.15) is 0 Å². The van der Waals surface area contributed by atoms with Crippen molar-refractivity contribution in [3.05, 3.63) is 0 Å². The Morgan fingerprint density at radius 1 is 1.29 bits per heavy atom. The summed E-state index contributed by atoms with van der Waals surface area (Å²) in [6.07, 6.45) is 4.94. The molecule has 1 unspecified atom stereocenters. The van der Waals surface area contributed by atoms with Gasteiger partial charge in [0.15, 0.2) is 0 Å². The van der Waals surface area contributed by atoms with Crippen molar-refractivity contribution >= 4 is 5.91 Å². The smallest absolute Gasteiger partial charge is 0.236 e. The summed E-state index contributed by atoms with van der Waals surface area (Å²) in [6, 6.07) is 0.450. The minimum absolute atomic E-state index is 0.337. The highest BCUT2D eigenvalue weighted by Gasteiger charge is 2.25. The third-order valence-electron chi connectivity index (χ3n) is 5.03. The first kappa shape index (κ1) is 16.8. The van der Waals surface area contributed by atoms with Crippen LogP contribution in [0.5, 0.6) is 0 Å². The molecule has 1 amide bonds. The van der Waals surface area contributed by atoms with Crippen LogP contribution in [-0.2, 0) is 4.79 Å². The molecule has 0 saturated carbocycles. The summed E-state index contributed by atoms with van der Waals surface area (Å²) < 4.78 is 0. The third-order valence-corrected chi connectivity index (χ3v) is 5.03. The Morgan fingerprint density at radius 2 is 2.00 bits per heavy atom. The van der Waals surface area contributed by atoms with Gasteiger partial charge in [-0.1, -0.05) is 6.92 Å². The van der Waals surface area contributed by atoms with E-state index in [0.717, 1.165) is 38.6 Å². The van der Waals surface area contributed by atoms with Crippen molar-refractivity contribution < 1.29 is 4.79 Å². The summed E-state index contributed by atoms with van der Waals surface area (Å²) in [4.78, 5) is 17.0. The first-order valence-electron chi connectivity index (χ1n) is 8.78. The van der Waals surface area contributed by atoms with Gasteiger partial charge >= 0.3 is 0 Å². The topological polar surface area (TPSA) is 35.6 Å². The molecule has 2 saturated heterocycles. The summed E-state index contributed by atoms with van der Waals surface area (Å²) in [7, 11) is 0. The minimum atomic E-state index is 0.337. The SMILES string of the molecule is CC1CCCN(C(=O)CN(CC2CCNCC2)C(C)C)C1. The molecule has 0 aromatic heterocycles. The van der Waals surface area contributed by atoms with Crippen LogP contribution in [0, 0.1) is 11.8 Å².